The number of pyridine rings is 1. The van der Waals surface area contributed by atoms with E-state index in [4.69, 9.17) is 9.47 Å². The number of ether oxygens (including phenoxy) is 2. The molecule has 1 aliphatic heterocycles. The van der Waals surface area contributed by atoms with Crippen LogP contribution >= 0.6 is 15.9 Å². The number of nitrogens with zero attached hydrogens (tertiary/aromatic N) is 1. The van der Waals surface area contributed by atoms with E-state index in [-0.39, 0.29) is 12.6 Å². The Morgan fingerprint density at radius 3 is 2.80 bits per heavy atom. The van der Waals surface area contributed by atoms with E-state index in [1.54, 1.807) is 6.20 Å². The molecule has 6 heteroatoms. The first kappa shape index (κ1) is 18.8. The molecular formula is C19H27BrN2O3. The predicted molar refractivity (Wildman–Crippen MR) is 99.1 cm³/mol. The number of esters is 1. The van der Waals surface area contributed by atoms with E-state index in [1.165, 1.54) is 0 Å². The highest BCUT2D eigenvalue weighted by Gasteiger charge is 2.46. The van der Waals surface area contributed by atoms with Gasteiger partial charge in [-0.15, -0.1) is 0 Å². The van der Waals surface area contributed by atoms with E-state index in [1.807, 2.05) is 32.9 Å². The van der Waals surface area contributed by atoms with Crippen molar-refractivity contribution in [1.82, 2.24) is 10.3 Å². The quantitative estimate of drug-likeness (QED) is 0.770. The van der Waals surface area contributed by atoms with Gasteiger partial charge in [0.2, 0.25) is 0 Å². The molecule has 1 N–H and O–H groups in total. The van der Waals surface area contributed by atoms with E-state index in [2.05, 4.69) is 26.2 Å². The Labute approximate surface area is 158 Å². The summed E-state index contributed by atoms with van der Waals surface area (Å²) in [5.41, 5.74) is -0.106. The van der Waals surface area contributed by atoms with Gasteiger partial charge in [-0.1, -0.05) is 0 Å². The first-order chi connectivity index (χ1) is 11.8. The molecule has 138 valence electrons. The van der Waals surface area contributed by atoms with Crippen molar-refractivity contribution in [2.24, 2.45) is 11.8 Å². The van der Waals surface area contributed by atoms with Gasteiger partial charge in [-0.3, -0.25) is 4.98 Å². The molecule has 2 fully saturated rings. The summed E-state index contributed by atoms with van der Waals surface area (Å²) in [5, 5.41) is 3.48. The van der Waals surface area contributed by atoms with Crippen LogP contribution < -0.4 is 5.32 Å². The highest BCUT2D eigenvalue weighted by molar-refractivity contribution is 9.10. The van der Waals surface area contributed by atoms with Crippen LogP contribution in [-0.2, 0) is 19.9 Å². The third-order valence-corrected chi connectivity index (χ3v) is 5.54. The maximum absolute atomic E-state index is 12.2. The molecule has 0 amide bonds. The molecule has 2 heterocycles. The van der Waals surface area contributed by atoms with Crippen LogP contribution in [0.5, 0.6) is 0 Å². The Hall–Kier alpha value is -0.980. The van der Waals surface area contributed by atoms with Crippen LogP contribution in [0.2, 0.25) is 0 Å². The summed E-state index contributed by atoms with van der Waals surface area (Å²) in [6.45, 7) is 7.66. The summed E-state index contributed by atoms with van der Waals surface area (Å²) in [5.74, 6) is 0.946. The molecule has 1 aromatic heterocycles. The third-order valence-electron chi connectivity index (χ3n) is 5.07. The highest BCUT2D eigenvalue weighted by Crippen LogP contribution is 2.46. The van der Waals surface area contributed by atoms with Gasteiger partial charge in [0.25, 0.3) is 0 Å². The number of aromatic nitrogens is 1. The van der Waals surface area contributed by atoms with Crippen molar-refractivity contribution in [1.29, 1.82) is 0 Å². The maximum Gasteiger partial charge on any atom is 0.332 e. The normalized spacial score (nSPS) is 29.3. The summed E-state index contributed by atoms with van der Waals surface area (Å²) in [6, 6.07) is 3.99. The fourth-order valence-electron chi connectivity index (χ4n) is 3.96. The molecule has 2 aliphatic rings. The fraction of sp³-hybridized carbons (Fsp3) is 0.684. The van der Waals surface area contributed by atoms with Crippen LogP contribution in [0, 0.1) is 11.8 Å². The van der Waals surface area contributed by atoms with Crippen LogP contribution in [0.3, 0.4) is 0 Å². The van der Waals surface area contributed by atoms with Crippen LogP contribution in [0.25, 0.3) is 0 Å². The minimum absolute atomic E-state index is 0.0418. The predicted octanol–water partition coefficient (Wildman–Crippen LogP) is 3.42. The largest absolute Gasteiger partial charge is 0.458 e. The molecule has 0 bridgehead atoms. The Morgan fingerprint density at radius 2 is 2.12 bits per heavy atom. The van der Waals surface area contributed by atoms with Gasteiger partial charge in [-0.25, -0.2) is 4.79 Å². The van der Waals surface area contributed by atoms with Crippen molar-refractivity contribution in [3.05, 3.63) is 28.5 Å². The average molecular weight is 411 g/mol. The van der Waals surface area contributed by atoms with E-state index in [0.717, 1.165) is 42.5 Å². The molecule has 3 atom stereocenters. The second kappa shape index (κ2) is 7.33. The standard InChI is InChI=1S/C19H27BrN2O3/c1-18(2,3)25-17(23)12-24-19(16-5-4-15(20)11-22-16)7-6-13-9-21-10-14(13)8-19/h4-5,11,13-14,21H,6-10,12H2,1-3H3. The molecule has 1 aromatic rings. The zero-order chi connectivity index (χ0) is 18.1. The SMILES string of the molecule is CC(C)(C)OC(=O)COC1(c2ccc(Br)cn2)CCC2CNCC2C1. The molecule has 0 spiro atoms. The lowest BCUT2D eigenvalue weighted by Gasteiger charge is -2.41. The summed E-state index contributed by atoms with van der Waals surface area (Å²) in [4.78, 5) is 16.8. The van der Waals surface area contributed by atoms with Crippen molar-refractivity contribution >= 4 is 21.9 Å². The Balaban J connectivity index is 1.77. The van der Waals surface area contributed by atoms with E-state index in [9.17, 15) is 4.79 Å². The number of carbonyl (C=O) groups excluding carboxylic acids is 1. The number of halogens is 1. The summed E-state index contributed by atoms with van der Waals surface area (Å²) in [7, 11) is 0. The number of hydrogen-bond donors (Lipinski definition) is 1. The summed E-state index contributed by atoms with van der Waals surface area (Å²) in [6.07, 6.45) is 4.66. The minimum atomic E-state index is -0.509. The number of rotatable bonds is 4. The third kappa shape index (κ3) is 4.60. The number of hydrogen-bond acceptors (Lipinski definition) is 5. The first-order valence-electron chi connectivity index (χ1n) is 8.96. The number of fused-ring (bicyclic) bond motifs is 1. The summed E-state index contributed by atoms with van der Waals surface area (Å²) < 4.78 is 12.6. The van der Waals surface area contributed by atoms with E-state index < -0.39 is 11.2 Å². The van der Waals surface area contributed by atoms with E-state index in [0.29, 0.717) is 11.8 Å². The lowest BCUT2D eigenvalue weighted by molar-refractivity contribution is -0.172. The molecule has 1 saturated carbocycles. The molecule has 1 aliphatic carbocycles. The van der Waals surface area contributed by atoms with E-state index >= 15 is 0 Å². The monoisotopic (exact) mass is 410 g/mol. The lowest BCUT2D eigenvalue weighted by Crippen LogP contribution is -2.41. The van der Waals surface area contributed by atoms with Crippen LogP contribution in [0.1, 0.15) is 45.7 Å². The topological polar surface area (TPSA) is 60.5 Å². The van der Waals surface area contributed by atoms with Crippen LogP contribution in [0.15, 0.2) is 22.8 Å². The maximum atomic E-state index is 12.2. The van der Waals surface area contributed by atoms with Gasteiger partial charge in [-0.05, 0) is 93.0 Å². The molecule has 25 heavy (non-hydrogen) atoms. The van der Waals surface area contributed by atoms with Gasteiger partial charge in [0.1, 0.15) is 17.8 Å². The molecule has 3 rings (SSSR count). The molecule has 0 aromatic carbocycles. The highest BCUT2D eigenvalue weighted by atomic mass is 79.9. The fourth-order valence-corrected chi connectivity index (χ4v) is 4.19. The zero-order valence-corrected chi connectivity index (χ0v) is 16.8. The lowest BCUT2D eigenvalue weighted by atomic mass is 9.71. The van der Waals surface area contributed by atoms with Crippen LogP contribution in [-0.4, -0.2) is 36.3 Å². The van der Waals surface area contributed by atoms with Gasteiger partial charge in [-0.2, -0.15) is 0 Å². The Morgan fingerprint density at radius 1 is 1.36 bits per heavy atom. The van der Waals surface area contributed by atoms with Gasteiger partial charge in [0.05, 0.1) is 5.69 Å². The average Bonchev–Trinajstić information content (AvgIpc) is 2.99. The van der Waals surface area contributed by atoms with Crippen molar-refractivity contribution < 1.29 is 14.3 Å². The van der Waals surface area contributed by atoms with Gasteiger partial charge >= 0.3 is 5.97 Å². The van der Waals surface area contributed by atoms with Gasteiger partial charge in [0.15, 0.2) is 0 Å². The second-order valence-corrected chi connectivity index (χ2v) is 9.07. The molecule has 3 unspecified atom stereocenters. The van der Waals surface area contributed by atoms with Crippen molar-refractivity contribution in [3.63, 3.8) is 0 Å². The van der Waals surface area contributed by atoms with Crippen molar-refractivity contribution in [2.75, 3.05) is 19.7 Å². The first-order valence-corrected chi connectivity index (χ1v) is 9.75. The van der Waals surface area contributed by atoms with Crippen LogP contribution in [0.4, 0.5) is 0 Å². The van der Waals surface area contributed by atoms with Crippen molar-refractivity contribution in [3.8, 4) is 0 Å². The zero-order valence-electron chi connectivity index (χ0n) is 15.2. The number of nitrogens with one attached hydrogen (secondary N) is 1. The summed E-state index contributed by atoms with van der Waals surface area (Å²) >= 11 is 3.44. The van der Waals surface area contributed by atoms with Gasteiger partial charge < -0.3 is 14.8 Å². The van der Waals surface area contributed by atoms with Gasteiger partial charge in [0, 0.05) is 10.7 Å². The Kier molecular flexibility index (Phi) is 5.51. The minimum Gasteiger partial charge on any atom is -0.458 e. The molecule has 1 saturated heterocycles. The Bertz CT molecular complexity index is 614. The smallest absolute Gasteiger partial charge is 0.332 e. The molecule has 0 radical (unpaired) electrons. The second-order valence-electron chi connectivity index (χ2n) is 8.15. The molecule has 5 nitrogen and oxygen atoms in total. The molecular weight excluding hydrogens is 384 g/mol. The number of carbonyl (C=O) groups is 1. The van der Waals surface area contributed by atoms with Crippen molar-refractivity contribution in [2.45, 2.75) is 51.2 Å².